The van der Waals surface area contributed by atoms with Crippen molar-refractivity contribution in [1.29, 1.82) is 0 Å². The summed E-state index contributed by atoms with van der Waals surface area (Å²) in [5.41, 5.74) is 0. The molecule has 0 heterocycles. The maximum atomic E-state index is 9.98. The van der Waals surface area contributed by atoms with E-state index in [4.69, 9.17) is 0 Å². The Hall–Kier alpha value is -1.11. The van der Waals surface area contributed by atoms with Crippen LogP contribution in [0.25, 0.3) is 0 Å². The minimum atomic E-state index is -0.187. The van der Waals surface area contributed by atoms with E-state index in [1.165, 1.54) is 41.5 Å². The third-order valence-corrected chi connectivity index (χ3v) is 1.22. The summed E-state index contributed by atoms with van der Waals surface area (Å²) in [7, 11) is 0. The molecule has 0 rings (SSSR count). The molecule has 0 amide bonds. The van der Waals surface area contributed by atoms with Crippen molar-refractivity contribution in [3.8, 4) is 0 Å². The Kier molecular flexibility index (Phi) is 23.6. The zero-order chi connectivity index (χ0) is 17.6. The number of rotatable bonds is 3. The molecular formula is C15H21HoO6. The number of hydrogen-bond donors (Lipinski definition) is 0. The van der Waals surface area contributed by atoms with Crippen LogP contribution in [0.15, 0.2) is 35.5 Å². The van der Waals surface area contributed by atoms with Crippen molar-refractivity contribution in [2.75, 3.05) is 0 Å². The summed E-state index contributed by atoms with van der Waals surface area (Å²) in [5.74, 6) is -1.12. The molecule has 0 fully saturated rings. The normalized spacial score (nSPS) is 10.9. The van der Waals surface area contributed by atoms with Gasteiger partial charge in [0.15, 0.2) is 17.3 Å². The summed E-state index contributed by atoms with van der Waals surface area (Å²) in [4.78, 5) is 29.9. The van der Waals surface area contributed by atoms with Crippen LogP contribution >= 0.6 is 0 Å². The Labute approximate surface area is 161 Å². The van der Waals surface area contributed by atoms with E-state index in [9.17, 15) is 29.7 Å². The van der Waals surface area contributed by atoms with E-state index in [0.717, 1.165) is 18.2 Å². The topological polar surface area (TPSA) is 120 Å². The molecule has 128 valence electrons. The van der Waals surface area contributed by atoms with Crippen molar-refractivity contribution in [2.45, 2.75) is 41.5 Å². The molecule has 0 aliphatic heterocycles. The maximum Gasteiger partial charge on any atom is 3.00 e. The Morgan fingerprint density at radius 1 is 0.545 bits per heavy atom. The number of ketones is 3. The van der Waals surface area contributed by atoms with E-state index < -0.39 is 0 Å². The summed E-state index contributed by atoms with van der Waals surface area (Å²) >= 11 is 0. The Bertz CT molecular complexity index is 368. The molecule has 0 unspecified atom stereocenters. The van der Waals surface area contributed by atoms with E-state index in [1.807, 2.05) is 0 Å². The fraction of sp³-hybridized carbons (Fsp3) is 0.400. The van der Waals surface area contributed by atoms with Gasteiger partial charge in [0.05, 0.1) is 0 Å². The fourth-order valence-corrected chi connectivity index (χ4v) is 0.859. The Morgan fingerprint density at radius 3 is 0.682 bits per heavy atom. The molecule has 0 aromatic rings. The molecule has 0 N–H and O–H groups in total. The molecule has 22 heavy (non-hydrogen) atoms. The Balaban J connectivity index is -0.000000108. The fourth-order valence-electron chi connectivity index (χ4n) is 0.859. The maximum absolute atomic E-state index is 9.98. The largest absolute Gasteiger partial charge is 3.00 e. The van der Waals surface area contributed by atoms with Gasteiger partial charge >= 0.3 is 37.7 Å². The summed E-state index contributed by atoms with van der Waals surface area (Å²) < 4.78 is 0. The first-order valence-corrected chi connectivity index (χ1v) is 5.96. The molecule has 0 saturated carbocycles. The van der Waals surface area contributed by atoms with E-state index in [-0.39, 0.29) is 72.4 Å². The second-order valence-electron chi connectivity index (χ2n) is 4.10. The third-order valence-electron chi connectivity index (χ3n) is 1.22. The first-order valence-electron chi connectivity index (χ1n) is 5.96. The Morgan fingerprint density at radius 2 is 0.682 bits per heavy atom. The van der Waals surface area contributed by atoms with Crippen molar-refractivity contribution in [3.05, 3.63) is 35.5 Å². The summed E-state index contributed by atoms with van der Waals surface area (Å²) in [5, 5.41) is 29.9. The molecule has 7 heteroatoms. The molecule has 0 atom stereocenters. The minimum absolute atomic E-state index is 0. The van der Waals surface area contributed by atoms with Crippen LogP contribution in [-0.2, 0) is 14.4 Å². The summed E-state index contributed by atoms with van der Waals surface area (Å²) in [6, 6.07) is 0. The number of carbonyl (C=O) groups excluding carboxylic acids is 3. The van der Waals surface area contributed by atoms with Gasteiger partial charge in [-0.2, -0.15) is 0 Å². The van der Waals surface area contributed by atoms with Crippen LogP contribution in [0.3, 0.4) is 0 Å². The zero-order valence-electron chi connectivity index (χ0n) is 13.5. The van der Waals surface area contributed by atoms with Crippen molar-refractivity contribution in [1.82, 2.24) is 0 Å². The average molecular weight is 462 g/mol. The van der Waals surface area contributed by atoms with Gasteiger partial charge < -0.3 is 15.3 Å². The molecule has 6 nitrogen and oxygen atoms in total. The standard InChI is InChI=1S/3C5H8O2.Ho/c3*1-4(6)3-5(2)7;/h3*3,6H,1-2H3;/q;;;+3/p-3. The van der Waals surface area contributed by atoms with Crippen LogP contribution < -0.4 is 15.3 Å². The van der Waals surface area contributed by atoms with Gasteiger partial charge in [0.2, 0.25) is 0 Å². The van der Waals surface area contributed by atoms with Gasteiger partial charge in [0.1, 0.15) is 0 Å². The average Bonchev–Trinajstić information content (AvgIpc) is 2.10. The van der Waals surface area contributed by atoms with E-state index >= 15 is 0 Å². The summed E-state index contributed by atoms with van der Waals surface area (Å²) in [6.45, 7) is 8.09. The predicted molar refractivity (Wildman–Crippen MR) is 73.3 cm³/mol. The number of hydrogen-bond acceptors (Lipinski definition) is 6. The van der Waals surface area contributed by atoms with E-state index in [2.05, 4.69) is 0 Å². The van der Waals surface area contributed by atoms with Gasteiger partial charge in [-0.1, -0.05) is 20.8 Å². The van der Waals surface area contributed by atoms with E-state index in [0.29, 0.717) is 0 Å². The van der Waals surface area contributed by atoms with Crippen molar-refractivity contribution >= 4 is 17.3 Å². The van der Waals surface area contributed by atoms with Gasteiger partial charge in [-0.3, -0.25) is 14.4 Å². The molecule has 0 radical (unpaired) electrons. The number of carbonyl (C=O) groups is 3. The molecule has 0 aliphatic carbocycles. The first-order chi connectivity index (χ1) is 9.38. The van der Waals surface area contributed by atoms with Gasteiger partial charge in [-0.25, -0.2) is 0 Å². The molecule has 0 spiro atoms. The number of allylic oxidation sites excluding steroid dienone is 6. The van der Waals surface area contributed by atoms with Crippen LogP contribution in [0.2, 0.25) is 0 Å². The first kappa shape index (κ1) is 29.0. The smallest absolute Gasteiger partial charge is 0.876 e. The quantitative estimate of drug-likeness (QED) is 0.318. The monoisotopic (exact) mass is 462 g/mol. The minimum Gasteiger partial charge on any atom is -0.876 e. The molecule has 0 aromatic carbocycles. The third kappa shape index (κ3) is 51.0. The van der Waals surface area contributed by atoms with Crippen LogP contribution in [0.1, 0.15) is 41.5 Å². The second-order valence-corrected chi connectivity index (χ2v) is 4.10. The summed E-state index contributed by atoms with van der Waals surface area (Å²) in [6.07, 6.45) is 3.17. The van der Waals surface area contributed by atoms with Crippen molar-refractivity contribution < 1.29 is 67.4 Å². The van der Waals surface area contributed by atoms with Gasteiger partial charge in [-0.15, -0.1) is 17.3 Å². The van der Waals surface area contributed by atoms with Gasteiger partial charge in [-0.05, 0) is 39.0 Å². The van der Waals surface area contributed by atoms with Crippen LogP contribution in [0.5, 0.6) is 0 Å². The molecule has 0 bridgehead atoms. The predicted octanol–water partition coefficient (Wildman–Crippen LogP) is -0.481. The zero-order valence-corrected chi connectivity index (χ0v) is 15.4. The van der Waals surface area contributed by atoms with Crippen molar-refractivity contribution in [3.63, 3.8) is 0 Å². The van der Waals surface area contributed by atoms with Crippen LogP contribution in [-0.4, -0.2) is 17.3 Å². The SMILES string of the molecule is CC(=O)C=C(C)[O-].CC(=O)C=C(C)[O-].CC(=O)C=C(C)[O-].[Ho+3]. The van der Waals surface area contributed by atoms with Gasteiger partial charge in [0, 0.05) is 0 Å². The van der Waals surface area contributed by atoms with Crippen LogP contribution in [0, 0.1) is 37.7 Å². The van der Waals surface area contributed by atoms with Gasteiger partial charge in [0.25, 0.3) is 0 Å². The van der Waals surface area contributed by atoms with E-state index in [1.54, 1.807) is 0 Å². The second kappa shape index (κ2) is 17.9. The molecule has 0 saturated heterocycles. The van der Waals surface area contributed by atoms with Crippen molar-refractivity contribution in [2.24, 2.45) is 0 Å². The molecular weight excluding hydrogens is 441 g/mol. The molecule has 0 aliphatic rings. The molecule has 0 aromatic heterocycles. The van der Waals surface area contributed by atoms with Crippen LogP contribution in [0.4, 0.5) is 0 Å².